The number of aryl methyl sites for hydroxylation is 1. The number of likely N-dealkylation sites (tertiary alicyclic amines) is 1. The van der Waals surface area contributed by atoms with Crippen molar-refractivity contribution in [1.82, 2.24) is 14.8 Å². The van der Waals surface area contributed by atoms with Crippen molar-refractivity contribution >= 4 is 23.2 Å². The Labute approximate surface area is 157 Å². The van der Waals surface area contributed by atoms with E-state index in [-0.39, 0.29) is 18.4 Å². The fourth-order valence-corrected chi connectivity index (χ4v) is 4.34. The molecule has 1 aromatic carbocycles. The summed E-state index contributed by atoms with van der Waals surface area (Å²) < 4.78 is 0. The van der Waals surface area contributed by atoms with Gasteiger partial charge in [-0.1, -0.05) is 24.3 Å². The van der Waals surface area contributed by atoms with Gasteiger partial charge >= 0.3 is 5.97 Å². The maximum Gasteiger partial charge on any atom is 0.308 e. The van der Waals surface area contributed by atoms with Gasteiger partial charge < -0.3 is 14.9 Å². The molecule has 138 valence electrons. The van der Waals surface area contributed by atoms with E-state index in [2.05, 4.69) is 4.98 Å². The van der Waals surface area contributed by atoms with E-state index in [4.69, 9.17) is 0 Å². The minimum Gasteiger partial charge on any atom is -0.481 e. The normalized spacial score (nSPS) is 19.9. The SMILES string of the molecule is Cc1ccccc1[C@@H]1CN(C(=O)c2csc(CN(C)C)n2)C[C@H]1C(=O)O. The second kappa shape index (κ2) is 7.55. The molecule has 0 unspecified atom stereocenters. The molecule has 0 saturated carbocycles. The van der Waals surface area contributed by atoms with Gasteiger partial charge in [0, 0.05) is 30.9 Å². The average molecular weight is 373 g/mol. The molecule has 0 aliphatic carbocycles. The number of carboxylic acids is 1. The average Bonchev–Trinajstić information content (AvgIpc) is 3.21. The zero-order valence-electron chi connectivity index (χ0n) is 15.2. The van der Waals surface area contributed by atoms with E-state index in [9.17, 15) is 14.7 Å². The lowest BCUT2D eigenvalue weighted by Gasteiger charge is -2.17. The third kappa shape index (κ3) is 3.78. The van der Waals surface area contributed by atoms with Gasteiger partial charge in [-0.25, -0.2) is 4.98 Å². The van der Waals surface area contributed by atoms with Crippen LogP contribution in [-0.4, -0.2) is 59.0 Å². The minimum absolute atomic E-state index is 0.186. The van der Waals surface area contributed by atoms with Crippen LogP contribution < -0.4 is 0 Å². The first-order valence-electron chi connectivity index (χ1n) is 8.53. The second-order valence-electron chi connectivity index (χ2n) is 6.98. The van der Waals surface area contributed by atoms with Crippen molar-refractivity contribution < 1.29 is 14.7 Å². The van der Waals surface area contributed by atoms with Gasteiger partial charge in [0.05, 0.1) is 5.92 Å². The first-order valence-corrected chi connectivity index (χ1v) is 9.41. The zero-order chi connectivity index (χ0) is 18.8. The fraction of sp³-hybridized carbons (Fsp3) is 0.421. The quantitative estimate of drug-likeness (QED) is 0.871. The molecular weight excluding hydrogens is 350 g/mol. The van der Waals surface area contributed by atoms with Gasteiger partial charge in [0.2, 0.25) is 0 Å². The van der Waals surface area contributed by atoms with Crippen LogP contribution in [-0.2, 0) is 11.3 Å². The second-order valence-corrected chi connectivity index (χ2v) is 7.92. The van der Waals surface area contributed by atoms with E-state index >= 15 is 0 Å². The van der Waals surface area contributed by atoms with Gasteiger partial charge in [-0.2, -0.15) is 0 Å². The van der Waals surface area contributed by atoms with Crippen molar-refractivity contribution in [2.75, 3.05) is 27.2 Å². The minimum atomic E-state index is -0.861. The number of hydrogen-bond acceptors (Lipinski definition) is 5. The van der Waals surface area contributed by atoms with Gasteiger partial charge in [0.25, 0.3) is 5.91 Å². The van der Waals surface area contributed by atoms with Crippen LogP contribution in [0.4, 0.5) is 0 Å². The van der Waals surface area contributed by atoms with Crippen molar-refractivity contribution in [3.63, 3.8) is 0 Å². The Hall–Kier alpha value is -2.25. The number of carboxylic acid groups (broad SMARTS) is 1. The lowest BCUT2D eigenvalue weighted by atomic mass is 9.86. The summed E-state index contributed by atoms with van der Waals surface area (Å²) in [4.78, 5) is 32.7. The summed E-state index contributed by atoms with van der Waals surface area (Å²) in [6.07, 6.45) is 0. The van der Waals surface area contributed by atoms with Crippen molar-refractivity contribution in [2.24, 2.45) is 5.92 Å². The molecule has 1 N–H and O–H groups in total. The van der Waals surface area contributed by atoms with E-state index in [1.165, 1.54) is 11.3 Å². The third-order valence-electron chi connectivity index (χ3n) is 4.73. The molecule has 3 rings (SSSR count). The van der Waals surface area contributed by atoms with E-state index in [1.807, 2.05) is 50.2 Å². The Morgan fingerprint density at radius 3 is 2.69 bits per heavy atom. The lowest BCUT2D eigenvalue weighted by Crippen LogP contribution is -2.30. The highest BCUT2D eigenvalue weighted by molar-refractivity contribution is 7.09. The molecule has 2 aromatic rings. The first-order chi connectivity index (χ1) is 12.4. The third-order valence-corrected chi connectivity index (χ3v) is 5.57. The van der Waals surface area contributed by atoms with Crippen LogP contribution >= 0.6 is 11.3 Å². The number of rotatable bonds is 5. The largest absolute Gasteiger partial charge is 0.481 e. The smallest absolute Gasteiger partial charge is 0.308 e. The Kier molecular flexibility index (Phi) is 5.38. The summed E-state index contributed by atoms with van der Waals surface area (Å²) in [5.74, 6) is -1.84. The van der Waals surface area contributed by atoms with Crippen molar-refractivity contribution in [1.29, 1.82) is 0 Å². The number of aliphatic carboxylic acids is 1. The summed E-state index contributed by atoms with van der Waals surface area (Å²) in [6.45, 7) is 3.28. The van der Waals surface area contributed by atoms with Crippen molar-refractivity contribution in [3.8, 4) is 0 Å². The van der Waals surface area contributed by atoms with Crippen LogP contribution in [0.15, 0.2) is 29.6 Å². The van der Waals surface area contributed by atoms with Crippen LogP contribution in [0.1, 0.15) is 32.5 Å². The van der Waals surface area contributed by atoms with E-state index < -0.39 is 11.9 Å². The van der Waals surface area contributed by atoms with Gasteiger partial charge in [-0.3, -0.25) is 9.59 Å². The van der Waals surface area contributed by atoms with Crippen LogP contribution in [0, 0.1) is 12.8 Å². The van der Waals surface area contributed by atoms with Gasteiger partial charge in [-0.05, 0) is 32.1 Å². The molecule has 26 heavy (non-hydrogen) atoms. The molecule has 7 heteroatoms. The van der Waals surface area contributed by atoms with Crippen molar-refractivity contribution in [2.45, 2.75) is 19.4 Å². The molecule has 1 aromatic heterocycles. The molecule has 0 spiro atoms. The topological polar surface area (TPSA) is 73.7 Å². The molecule has 1 amide bonds. The molecule has 2 heterocycles. The monoisotopic (exact) mass is 373 g/mol. The highest BCUT2D eigenvalue weighted by atomic mass is 32.1. The van der Waals surface area contributed by atoms with E-state index in [0.29, 0.717) is 18.8 Å². The Bertz CT molecular complexity index is 818. The molecule has 0 radical (unpaired) electrons. The maximum absolute atomic E-state index is 12.8. The molecule has 1 aliphatic heterocycles. The summed E-state index contributed by atoms with van der Waals surface area (Å²) in [5, 5.41) is 12.3. The molecule has 1 aliphatic rings. The Balaban J connectivity index is 1.81. The number of carbonyl (C=O) groups excluding carboxylic acids is 1. The van der Waals surface area contributed by atoms with Gasteiger partial charge in [0.15, 0.2) is 0 Å². The molecule has 1 saturated heterocycles. The number of benzene rings is 1. The molecule has 0 bridgehead atoms. The Morgan fingerprint density at radius 2 is 2.04 bits per heavy atom. The summed E-state index contributed by atoms with van der Waals surface area (Å²) in [6, 6.07) is 7.79. The standard InChI is InChI=1S/C19H23N3O3S/c1-12-6-4-5-7-13(12)14-8-22(9-15(14)19(24)25)18(23)16-11-26-17(20-16)10-21(2)3/h4-7,11,14-15H,8-10H2,1-3H3,(H,24,25)/t14-,15+/m0/s1. The number of thiazole rings is 1. The van der Waals surface area contributed by atoms with Gasteiger partial charge in [-0.15, -0.1) is 11.3 Å². The van der Waals surface area contributed by atoms with Crippen LogP contribution in [0.3, 0.4) is 0 Å². The highest BCUT2D eigenvalue weighted by Gasteiger charge is 2.41. The first kappa shape index (κ1) is 18.5. The molecule has 1 fully saturated rings. The fourth-order valence-electron chi connectivity index (χ4n) is 3.45. The Morgan fingerprint density at radius 1 is 1.31 bits per heavy atom. The number of amides is 1. The summed E-state index contributed by atoms with van der Waals surface area (Å²) >= 11 is 1.46. The number of aromatic nitrogens is 1. The zero-order valence-corrected chi connectivity index (χ0v) is 16.0. The van der Waals surface area contributed by atoms with E-state index in [0.717, 1.165) is 16.1 Å². The van der Waals surface area contributed by atoms with Crippen LogP contribution in [0.25, 0.3) is 0 Å². The summed E-state index contributed by atoms with van der Waals surface area (Å²) in [7, 11) is 3.90. The van der Waals surface area contributed by atoms with Crippen LogP contribution in [0.2, 0.25) is 0 Å². The number of carbonyl (C=O) groups is 2. The highest BCUT2D eigenvalue weighted by Crippen LogP contribution is 2.35. The lowest BCUT2D eigenvalue weighted by molar-refractivity contribution is -0.141. The predicted octanol–water partition coefficient (Wildman–Crippen LogP) is 2.45. The maximum atomic E-state index is 12.8. The van der Waals surface area contributed by atoms with Crippen LogP contribution in [0.5, 0.6) is 0 Å². The van der Waals surface area contributed by atoms with E-state index in [1.54, 1.807) is 10.3 Å². The predicted molar refractivity (Wildman–Crippen MR) is 100 cm³/mol. The molecule has 6 nitrogen and oxygen atoms in total. The van der Waals surface area contributed by atoms with Gasteiger partial charge in [0.1, 0.15) is 10.7 Å². The molecular formula is C19H23N3O3S. The van der Waals surface area contributed by atoms with Crippen molar-refractivity contribution in [3.05, 3.63) is 51.5 Å². The molecule has 2 atom stereocenters. The summed E-state index contributed by atoms with van der Waals surface area (Å²) in [5.41, 5.74) is 2.46. The number of hydrogen-bond donors (Lipinski definition) is 1. The number of nitrogens with zero attached hydrogens (tertiary/aromatic N) is 3.